The minimum absolute atomic E-state index is 0.0168. The fourth-order valence-electron chi connectivity index (χ4n) is 4.63. The molecule has 0 saturated carbocycles. The number of fused-ring (bicyclic) bond motifs is 1. The van der Waals surface area contributed by atoms with Crippen molar-refractivity contribution < 1.29 is 17.9 Å². The fraction of sp³-hybridized carbons (Fsp3) is 0.296. The number of amides is 1. The molecule has 1 aliphatic heterocycles. The van der Waals surface area contributed by atoms with Crippen LogP contribution in [-0.4, -0.2) is 47.2 Å². The number of nitrogens with zero attached hydrogens (tertiary/aromatic N) is 3. The number of hydrogen-bond acceptors (Lipinski definition) is 6. The number of ether oxygens (including phenoxy) is 1. The lowest BCUT2D eigenvalue weighted by molar-refractivity contribution is 0.102. The molecule has 9 heteroatoms. The first kappa shape index (κ1) is 24.0. The number of nitrogens with one attached hydrogen (secondary N) is 1. The van der Waals surface area contributed by atoms with Gasteiger partial charge in [-0.15, -0.1) is 0 Å². The zero-order valence-electron chi connectivity index (χ0n) is 20.5. The summed E-state index contributed by atoms with van der Waals surface area (Å²) in [5.41, 5.74) is 4.71. The molecule has 186 valence electrons. The summed E-state index contributed by atoms with van der Waals surface area (Å²) in [6.45, 7) is 6.19. The number of benzene rings is 2. The average Bonchev–Trinajstić information content (AvgIpc) is 3.39. The van der Waals surface area contributed by atoms with Gasteiger partial charge in [-0.1, -0.05) is 42.0 Å². The van der Waals surface area contributed by atoms with Crippen molar-refractivity contribution in [1.29, 1.82) is 0 Å². The first-order valence-corrected chi connectivity index (χ1v) is 13.8. The fourth-order valence-corrected chi connectivity index (χ4v) is 6.32. The van der Waals surface area contributed by atoms with Crippen LogP contribution in [0.2, 0.25) is 0 Å². The van der Waals surface area contributed by atoms with Crippen molar-refractivity contribution in [2.24, 2.45) is 0 Å². The van der Waals surface area contributed by atoms with Gasteiger partial charge in [0.1, 0.15) is 5.75 Å². The van der Waals surface area contributed by atoms with Crippen molar-refractivity contribution in [2.45, 2.75) is 33.2 Å². The monoisotopic (exact) mass is 504 g/mol. The second-order valence-corrected chi connectivity index (χ2v) is 11.3. The highest BCUT2D eigenvalue weighted by atomic mass is 32.2. The second-order valence-electron chi connectivity index (χ2n) is 9.09. The van der Waals surface area contributed by atoms with E-state index >= 15 is 0 Å². The molecule has 2 aromatic carbocycles. The summed E-state index contributed by atoms with van der Waals surface area (Å²) in [4.78, 5) is 18.6. The molecule has 1 saturated heterocycles. The number of anilines is 1. The summed E-state index contributed by atoms with van der Waals surface area (Å²) < 4.78 is 31.8. The summed E-state index contributed by atoms with van der Waals surface area (Å²) in [5.74, 6) is 0.408. The Balaban J connectivity index is 1.66. The minimum atomic E-state index is -3.13. The van der Waals surface area contributed by atoms with Crippen molar-refractivity contribution in [3.05, 3.63) is 71.4 Å². The largest absolute Gasteiger partial charge is 0.492 e. The van der Waals surface area contributed by atoms with Crippen LogP contribution in [0.4, 0.5) is 5.69 Å². The summed E-state index contributed by atoms with van der Waals surface area (Å²) in [6, 6.07) is 16.7. The van der Waals surface area contributed by atoms with Crippen LogP contribution in [0.5, 0.6) is 5.75 Å². The van der Waals surface area contributed by atoms with E-state index in [0.717, 1.165) is 11.1 Å². The number of para-hydroxylation sites is 2. The number of carbonyl (C=O) groups is 1. The van der Waals surface area contributed by atoms with Gasteiger partial charge in [0, 0.05) is 5.56 Å². The first-order valence-electron chi connectivity index (χ1n) is 12.0. The third-order valence-electron chi connectivity index (χ3n) is 6.42. The zero-order valence-corrected chi connectivity index (χ0v) is 21.3. The van der Waals surface area contributed by atoms with E-state index in [1.807, 2.05) is 63.2 Å². The van der Waals surface area contributed by atoms with Gasteiger partial charge in [-0.25, -0.2) is 18.1 Å². The lowest BCUT2D eigenvalue weighted by Crippen LogP contribution is -2.15. The van der Waals surface area contributed by atoms with E-state index in [0.29, 0.717) is 52.4 Å². The highest BCUT2D eigenvalue weighted by Gasteiger charge is 2.32. The van der Waals surface area contributed by atoms with E-state index in [2.05, 4.69) is 10.4 Å². The van der Waals surface area contributed by atoms with Crippen LogP contribution >= 0.6 is 0 Å². The van der Waals surface area contributed by atoms with E-state index in [1.54, 1.807) is 16.8 Å². The molecule has 1 unspecified atom stereocenters. The van der Waals surface area contributed by atoms with Gasteiger partial charge in [0.2, 0.25) is 0 Å². The van der Waals surface area contributed by atoms with Gasteiger partial charge >= 0.3 is 0 Å². The molecule has 1 amide bonds. The molecule has 5 rings (SSSR count). The smallest absolute Gasteiger partial charge is 0.256 e. The summed E-state index contributed by atoms with van der Waals surface area (Å²) in [6.07, 6.45) is 0.470. The third kappa shape index (κ3) is 4.58. The Hall–Kier alpha value is -3.72. The van der Waals surface area contributed by atoms with Crippen molar-refractivity contribution in [2.75, 3.05) is 23.4 Å². The molecule has 0 spiro atoms. The van der Waals surface area contributed by atoms with Gasteiger partial charge in [0.25, 0.3) is 5.91 Å². The molecular weight excluding hydrogens is 476 g/mol. The Kier molecular flexibility index (Phi) is 6.26. The molecule has 1 atom stereocenters. The molecule has 4 aromatic rings. The third-order valence-corrected chi connectivity index (χ3v) is 8.17. The topological polar surface area (TPSA) is 103 Å². The van der Waals surface area contributed by atoms with Gasteiger partial charge in [-0.05, 0) is 45.4 Å². The van der Waals surface area contributed by atoms with E-state index in [4.69, 9.17) is 9.72 Å². The number of aryl methyl sites for hydroxylation is 2. The van der Waals surface area contributed by atoms with Crippen LogP contribution < -0.4 is 10.1 Å². The number of hydrogen-bond donors (Lipinski definition) is 1. The molecular formula is C27H28N4O4S. The minimum Gasteiger partial charge on any atom is -0.492 e. The number of rotatable bonds is 6. The summed E-state index contributed by atoms with van der Waals surface area (Å²) in [5, 5.41) is 8.27. The van der Waals surface area contributed by atoms with Gasteiger partial charge in [0.15, 0.2) is 15.5 Å². The molecule has 0 radical (unpaired) electrons. The quantitative estimate of drug-likeness (QED) is 0.407. The maximum Gasteiger partial charge on any atom is 0.256 e. The van der Waals surface area contributed by atoms with Crippen LogP contribution in [0.3, 0.4) is 0 Å². The number of sulfone groups is 1. The van der Waals surface area contributed by atoms with Crippen molar-refractivity contribution in [3.8, 4) is 17.0 Å². The van der Waals surface area contributed by atoms with Gasteiger partial charge in [-0.2, -0.15) is 5.10 Å². The Morgan fingerprint density at radius 3 is 2.58 bits per heavy atom. The highest BCUT2D eigenvalue weighted by Crippen LogP contribution is 2.33. The van der Waals surface area contributed by atoms with Crippen LogP contribution in [0.25, 0.3) is 22.3 Å². The lowest BCUT2D eigenvalue weighted by Gasteiger charge is -2.14. The number of aromatic nitrogens is 3. The lowest BCUT2D eigenvalue weighted by atomic mass is 10.0. The number of pyridine rings is 1. The molecule has 2 aromatic heterocycles. The van der Waals surface area contributed by atoms with E-state index in [-0.39, 0.29) is 23.5 Å². The van der Waals surface area contributed by atoms with Crippen LogP contribution in [0.15, 0.2) is 54.6 Å². The molecule has 36 heavy (non-hydrogen) atoms. The van der Waals surface area contributed by atoms with E-state index in [1.165, 1.54) is 0 Å². The van der Waals surface area contributed by atoms with Crippen LogP contribution in [-0.2, 0) is 9.84 Å². The van der Waals surface area contributed by atoms with Crippen molar-refractivity contribution in [1.82, 2.24) is 14.8 Å². The molecule has 0 bridgehead atoms. The van der Waals surface area contributed by atoms with Crippen molar-refractivity contribution in [3.63, 3.8) is 0 Å². The summed E-state index contributed by atoms with van der Waals surface area (Å²) in [7, 11) is -3.13. The van der Waals surface area contributed by atoms with Gasteiger partial charge in [-0.3, -0.25) is 4.79 Å². The average molecular weight is 505 g/mol. The molecule has 1 fully saturated rings. The van der Waals surface area contributed by atoms with Gasteiger partial charge < -0.3 is 10.1 Å². The zero-order chi connectivity index (χ0) is 25.4. The molecule has 3 heterocycles. The van der Waals surface area contributed by atoms with E-state index in [9.17, 15) is 13.2 Å². The standard InChI is InChI=1S/C27H28N4O4S/c1-4-35-24-8-6-5-7-22(24)29-27(32)21-15-23(19-11-9-17(2)10-12-19)28-26-25(21)18(3)30-31(26)20-13-14-36(33,34)16-20/h5-12,15,20H,4,13-14,16H2,1-3H3,(H,29,32). The number of carbonyl (C=O) groups excluding carboxylic acids is 1. The Morgan fingerprint density at radius 2 is 1.89 bits per heavy atom. The second kappa shape index (κ2) is 9.39. The molecule has 1 aliphatic rings. The maximum absolute atomic E-state index is 13.7. The van der Waals surface area contributed by atoms with Crippen molar-refractivity contribution >= 4 is 32.5 Å². The predicted octanol–water partition coefficient (Wildman–Crippen LogP) is 4.73. The molecule has 0 aliphatic carbocycles. The van der Waals surface area contributed by atoms with Gasteiger partial charge in [0.05, 0.1) is 52.2 Å². The maximum atomic E-state index is 13.7. The van der Waals surface area contributed by atoms with Crippen LogP contribution in [0.1, 0.15) is 41.0 Å². The Bertz CT molecular complexity index is 1560. The first-order chi connectivity index (χ1) is 17.3. The Morgan fingerprint density at radius 1 is 1.14 bits per heavy atom. The predicted molar refractivity (Wildman–Crippen MR) is 140 cm³/mol. The van der Waals surface area contributed by atoms with Crippen LogP contribution in [0, 0.1) is 13.8 Å². The Labute approximate surface area is 210 Å². The highest BCUT2D eigenvalue weighted by molar-refractivity contribution is 7.91. The normalized spacial score (nSPS) is 16.8. The summed E-state index contributed by atoms with van der Waals surface area (Å²) >= 11 is 0. The molecule has 8 nitrogen and oxygen atoms in total. The SMILES string of the molecule is CCOc1ccccc1NC(=O)c1cc(-c2ccc(C)cc2)nc2c1c(C)nn2C1CCS(=O)(=O)C1. The molecule has 1 N–H and O–H groups in total. The van der Waals surface area contributed by atoms with E-state index < -0.39 is 9.84 Å².